The Morgan fingerprint density at radius 3 is 2.70 bits per heavy atom. The van der Waals surface area contributed by atoms with Crippen molar-refractivity contribution in [2.45, 2.75) is 0 Å². The van der Waals surface area contributed by atoms with Crippen molar-refractivity contribution in [1.82, 2.24) is 0 Å². The van der Waals surface area contributed by atoms with E-state index in [4.69, 9.17) is 4.74 Å². The summed E-state index contributed by atoms with van der Waals surface area (Å²) in [5, 5.41) is 0. The lowest BCUT2D eigenvalue weighted by atomic mass is 10.3. The van der Waals surface area contributed by atoms with Gasteiger partial charge >= 0.3 is 0 Å². The van der Waals surface area contributed by atoms with Gasteiger partial charge in [0.1, 0.15) is 5.75 Å². The fourth-order valence-electron chi connectivity index (χ4n) is 0.584. The Morgan fingerprint density at radius 2 is 2.20 bits per heavy atom. The molecule has 1 rings (SSSR count). The summed E-state index contributed by atoms with van der Waals surface area (Å²) in [4.78, 5) is 0. The van der Waals surface area contributed by atoms with Gasteiger partial charge in [0, 0.05) is 10.5 Å². The number of hydrogen-bond acceptors (Lipinski definition) is 1. The second-order valence-electron chi connectivity index (χ2n) is 1.70. The second kappa shape index (κ2) is 3.39. The van der Waals surface area contributed by atoms with Crippen molar-refractivity contribution in [2.75, 3.05) is 7.11 Å². The Kier molecular flexibility index (Phi) is 2.74. The number of rotatable bonds is 1. The molecule has 10 heavy (non-hydrogen) atoms. The lowest BCUT2D eigenvalue weighted by Crippen LogP contribution is -1.82. The molecule has 0 aliphatic carbocycles. The molecule has 3 heteroatoms. The Hall–Kier alpha value is -0.0200. The van der Waals surface area contributed by atoms with Gasteiger partial charge in [-0.05, 0) is 28.1 Å². The van der Waals surface area contributed by atoms with Crippen LogP contribution in [0.3, 0.4) is 0 Å². The minimum Gasteiger partial charge on any atom is -0.496 e. The van der Waals surface area contributed by atoms with Crippen LogP contribution in [0.1, 0.15) is 0 Å². The first-order valence-corrected chi connectivity index (χ1v) is 4.23. The zero-order valence-corrected chi connectivity index (χ0v) is 8.49. The molecule has 0 spiro atoms. The first-order valence-electron chi connectivity index (χ1n) is 2.65. The van der Waals surface area contributed by atoms with E-state index in [2.05, 4.69) is 37.9 Å². The predicted octanol–water partition coefficient (Wildman–Crippen LogP) is 3.02. The van der Waals surface area contributed by atoms with E-state index >= 15 is 0 Å². The van der Waals surface area contributed by atoms with Gasteiger partial charge in [-0.3, -0.25) is 0 Å². The molecule has 0 aliphatic rings. The van der Waals surface area contributed by atoms with Crippen molar-refractivity contribution in [3.05, 3.63) is 27.1 Å². The quantitative estimate of drug-likeness (QED) is 0.758. The minimum absolute atomic E-state index is 0.795. The summed E-state index contributed by atoms with van der Waals surface area (Å²) < 4.78 is 6.85. The van der Waals surface area contributed by atoms with Crippen LogP contribution >= 0.6 is 31.9 Å². The van der Waals surface area contributed by atoms with E-state index < -0.39 is 0 Å². The Morgan fingerprint density at radius 1 is 1.50 bits per heavy atom. The molecular weight excluding hydrogens is 260 g/mol. The highest BCUT2D eigenvalue weighted by Gasteiger charge is 1.97. The Balaban J connectivity index is 3.07. The summed E-state index contributed by atoms with van der Waals surface area (Å²) in [6.45, 7) is 0. The zero-order valence-electron chi connectivity index (χ0n) is 5.32. The Labute approximate surface area is 76.6 Å². The van der Waals surface area contributed by atoms with E-state index in [-0.39, 0.29) is 0 Å². The van der Waals surface area contributed by atoms with Crippen LogP contribution in [0.15, 0.2) is 21.1 Å². The third-order valence-corrected chi connectivity index (χ3v) is 2.13. The molecule has 0 unspecified atom stereocenters. The number of ether oxygens (including phenoxy) is 1. The van der Waals surface area contributed by atoms with Crippen LogP contribution in [-0.2, 0) is 0 Å². The molecule has 0 aliphatic heterocycles. The molecule has 0 saturated heterocycles. The van der Waals surface area contributed by atoms with E-state index in [1.54, 1.807) is 13.2 Å². The number of halogens is 2. The van der Waals surface area contributed by atoms with Gasteiger partial charge < -0.3 is 4.74 Å². The van der Waals surface area contributed by atoms with Crippen LogP contribution in [0.25, 0.3) is 0 Å². The summed E-state index contributed by atoms with van der Waals surface area (Å²) in [5.41, 5.74) is 0. The van der Waals surface area contributed by atoms with E-state index in [9.17, 15) is 0 Å². The molecule has 0 saturated carbocycles. The summed E-state index contributed by atoms with van der Waals surface area (Å²) in [5.74, 6) is 0.795. The molecule has 1 radical (unpaired) electrons. The van der Waals surface area contributed by atoms with Gasteiger partial charge in [-0.2, -0.15) is 0 Å². The van der Waals surface area contributed by atoms with Crippen LogP contribution in [0.5, 0.6) is 5.75 Å². The molecule has 1 nitrogen and oxygen atoms in total. The van der Waals surface area contributed by atoms with E-state index in [0.29, 0.717) is 0 Å². The van der Waals surface area contributed by atoms with Gasteiger partial charge in [-0.1, -0.05) is 15.9 Å². The molecule has 0 N–H and O–H groups in total. The monoisotopic (exact) mass is 263 g/mol. The van der Waals surface area contributed by atoms with Gasteiger partial charge in [0.2, 0.25) is 0 Å². The first kappa shape index (κ1) is 8.08. The molecule has 0 fully saturated rings. The largest absolute Gasteiger partial charge is 0.496 e. The first-order chi connectivity index (χ1) is 4.74. The second-order valence-corrected chi connectivity index (χ2v) is 3.41. The summed E-state index contributed by atoms with van der Waals surface area (Å²) >= 11 is 6.62. The average Bonchev–Trinajstić information content (AvgIpc) is 1.88. The summed E-state index contributed by atoms with van der Waals surface area (Å²) in [7, 11) is 1.63. The highest BCUT2D eigenvalue weighted by molar-refractivity contribution is 9.11. The van der Waals surface area contributed by atoms with Crippen LogP contribution in [-0.4, -0.2) is 7.11 Å². The third kappa shape index (κ3) is 1.73. The van der Waals surface area contributed by atoms with Gasteiger partial charge in [0.15, 0.2) is 0 Å². The molecule has 0 amide bonds. The van der Waals surface area contributed by atoms with Gasteiger partial charge in [0.25, 0.3) is 0 Å². The fraction of sp³-hybridized carbons (Fsp3) is 0.143. The number of benzene rings is 1. The van der Waals surface area contributed by atoms with Crippen molar-refractivity contribution in [3.63, 3.8) is 0 Å². The maximum Gasteiger partial charge on any atom is 0.133 e. The number of hydrogen-bond donors (Lipinski definition) is 0. The Bertz CT molecular complexity index is 235. The highest BCUT2D eigenvalue weighted by atomic mass is 79.9. The highest BCUT2D eigenvalue weighted by Crippen LogP contribution is 2.26. The van der Waals surface area contributed by atoms with Crippen molar-refractivity contribution in [2.24, 2.45) is 0 Å². The van der Waals surface area contributed by atoms with Crippen molar-refractivity contribution < 1.29 is 4.74 Å². The maximum atomic E-state index is 5.00. The minimum atomic E-state index is 0.795. The topological polar surface area (TPSA) is 9.23 Å². The van der Waals surface area contributed by atoms with Crippen molar-refractivity contribution in [3.8, 4) is 5.75 Å². The standard InChI is InChI=1S/C7H5Br2O/c1-10-7-3-2-5(8)4-6(7)9/h3-4H,1H3. The van der Waals surface area contributed by atoms with E-state index in [1.165, 1.54) is 0 Å². The van der Waals surface area contributed by atoms with Crippen molar-refractivity contribution in [1.29, 1.82) is 0 Å². The predicted molar refractivity (Wildman–Crippen MR) is 47.2 cm³/mol. The molecule has 1 aromatic rings. The van der Waals surface area contributed by atoms with E-state index in [0.717, 1.165) is 14.7 Å². The molecule has 0 aromatic heterocycles. The summed E-state index contributed by atoms with van der Waals surface area (Å²) in [6.07, 6.45) is 0. The molecule has 53 valence electrons. The molecular formula is C7H5Br2O. The average molecular weight is 265 g/mol. The number of methoxy groups -OCH3 is 1. The van der Waals surface area contributed by atoms with Crippen LogP contribution < -0.4 is 4.74 Å². The normalized spacial score (nSPS) is 9.50. The molecule has 0 bridgehead atoms. The maximum absolute atomic E-state index is 5.00. The SMILES string of the molecule is COc1c[c]c(Br)cc1Br. The summed E-state index contributed by atoms with van der Waals surface area (Å²) in [6, 6.07) is 6.61. The third-order valence-electron chi connectivity index (χ3n) is 1.05. The van der Waals surface area contributed by atoms with Crippen LogP contribution in [0.4, 0.5) is 0 Å². The zero-order chi connectivity index (χ0) is 7.56. The van der Waals surface area contributed by atoms with Gasteiger partial charge in [0.05, 0.1) is 11.6 Å². The van der Waals surface area contributed by atoms with E-state index in [1.807, 2.05) is 6.07 Å². The molecule has 0 heterocycles. The smallest absolute Gasteiger partial charge is 0.133 e. The molecule has 0 atom stereocenters. The fourth-order valence-corrected chi connectivity index (χ4v) is 1.74. The van der Waals surface area contributed by atoms with Gasteiger partial charge in [-0.15, -0.1) is 0 Å². The van der Waals surface area contributed by atoms with Gasteiger partial charge in [-0.25, -0.2) is 0 Å². The lowest BCUT2D eigenvalue weighted by molar-refractivity contribution is 0.412. The van der Waals surface area contributed by atoms with Crippen molar-refractivity contribution >= 4 is 31.9 Å². The van der Waals surface area contributed by atoms with Crippen LogP contribution in [0.2, 0.25) is 0 Å². The lowest BCUT2D eigenvalue weighted by Gasteiger charge is -2.00. The van der Waals surface area contributed by atoms with Crippen LogP contribution in [0, 0.1) is 6.07 Å². The molecule has 1 aromatic carbocycles.